The van der Waals surface area contributed by atoms with E-state index < -0.39 is 0 Å². The molecule has 0 aromatic rings. The normalized spacial score (nSPS) is 32.7. The maximum absolute atomic E-state index is 2.38. The van der Waals surface area contributed by atoms with Crippen LogP contribution >= 0.6 is 11.8 Å². The smallest absolute Gasteiger partial charge is 0.00474 e. The van der Waals surface area contributed by atoms with Crippen molar-refractivity contribution in [2.45, 2.75) is 45.8 Å². The Morgan fingerprint density at radius 3 is 2.36 bits per heavy atom. The Kier molecular flexibility index (Phi) is 2.90. The molecule has 0 unspecified atom stereocenters. The van der Waals surface area contributed by atoms with Crippen molar-refractivity contribution < 1.29 is 0 Å². The molecule has 1 saturated heterocycles. The average molecular weight is 172 g/mol. The van der Waals surface area contributed by atoms with E-state index >= 15 is 0 Å². The van der Waals surface area contributed by atoms with Crippen molar-refractivity contribution in [1.29, 1.82) is 0 Å². The molecule has 0 nitrogen and oxygen atoms in total. The van der Waals surface area contributed by atoms with Gasteiger partial charge >= 0.3 is 0 Å². The van der Waals surface area contributed by atoms with Crippen molar-refractivity contribution >= 4 is 11.8 Å². The molecule has 0 bridgehead atoms. The van der Waals surface area contributed by atoms with E-state index in [-0.39, 0.29) is 0 Å². The van der Waals surface area contributed by atoms with Crippen molar-refractivity contribution in [3.05, 3.63) is 0 Å². The summed E-state index contributed by atoms with van der Waals surface area (Å²) in [5, 5.41) is 0.911. The minimum absolute atomic E-state index is 0.532. The Morgan fingerprint density at radius 2 is 2.00 bits per heavy atom. The predicted octanol–water partition coefficient (Wildman–Crippen LogP) is 3.56. The van der Waals surface area contributed by atoms with Crippen LogP contribution in [-0.2, 0) is 0 Å². The molecule has 0 N–H and O–H groups in total. The van der Waals surface area contributed by atoms with Gasteiger partial charge in [-0.05, 0) is 29.9 Å². The lowest BCUT2D eigenvalue weighted by atomic mass is 9.82. The van der Waals surface area contributed by atoms with Crippen LogP contribution in [0.15, 0.2) is 0 Å². The van der Waals surface area contributed by atoms with Crippen LogP contribution in [0.2, 0.25) is 0 Å². The summed E-state index contributed by atoms with van der Waals surface area (Å²) >= 11 is 2.15. The van der Waals surface area contributed by atoms with E-state index in [0.717, 1.165) is 11.2 Å². The van der Waals surface area contributed by atoms with Gasteiger partial charge in [0, 0.05) is 5.25 Å². The van der Waals surface area contributed by atoms with Crippen molar-refractivity contribution in [2.24, 2.45) is 11.3 Å². The molecule has 0 aliphatic carbocycles. The van der Waals surface area contributed by atoms with Crippen LogP contribution in [0.1, 0.15) is 40.5 Å². The first-order valence-electron chi connectivity index (χ1n) is 4.61. The van der Waals surface area contributed by atoms with Gasteiger partial charge in [0.2, 0.25) is 0 Å². The highest BCUT2D eigenvalue weighted by atomic mass is 32.2. The lowest BCUT2D eigenvalue weighted by molar-refractivity contribution is 0.294. The first kappa shape index (κ1) is 9.44. The fourth-order valence-corrected chi connectivity index (χ4v) is 3.15. The summed E-state index contributed by atoms with van der Waals surface area (Å²) in [5.41, 5.74) is 0.532. The molecule has 0 aromatic carbocycles. The summed E-state index contributed by atoms with van der Waals surface area (Å²) in [7, 11) is 0. The maximum Gasteiger partial charge on any atom is 0.00474 e. The zero-order valence-corrected chi connectivity index (χ0v) is 9.00. The number of hydrogen-bond acceptors (Lipinski definition) is 1. The van der Waals surface area contributed by atoms with Crippen molar-refractivity contribution in [1.82, 2.24) is 0 Å². The molecule has 0 amide bonds. The highest BCUT2D eigenvalue weighted by Crippen LogP contribution is 2.38. The molecule has 1 fully saturated rings. The maximum atomic E-state index is 2.38. The first-order chi connectivity index (χ1) is 4.99. The van der Waals surface area contributed by atoms with Crippen LogP contribution in [0.25, 0.3) is 0 Å². The summed E-state index contributed by atoms with van der Waals surface area (Å²) in [6.45, 7) is 9.43. The number of thioether (sulfide) groups is 1. The van der Waals surface area contributed by atoms with E-state index in [1.807, 2.05) is 0 Å². The molecule has 1 aliphatic heterocycles. The summed E-state index contributed by atoms with van der Waals surface area (Å²) in [6, 6.07) is 0. The van der Waals surface area contributed by atoms with Gasteiger partial charge in [0.05, 0.1) is 0 Å². The lowest BCUT2D eigenvalue weighted by Crippen LogP contribution is -2.16. The molecule has 11 heavy (non-hydrogen) atoms. The highest BCUT2D eigenvalue weighted by Gasteiger charge is 2.27. The van der Waals surface area contributed by atoms with Gasteiger partial charge < -0.3 is 0 Å². The quantitative estimate of drug-likeness (QED) is 0.583. The monoisotopic (exact) mass is 172 g/mol. The number of rotatable bonds is 1. The molecule has 0 spiro atoms. The third-order valence-corrected chi connectivity index (χ3v) is 3.79. The second-order valence-corrected chi connectivity index (χ2v) is 6.37. The predicted molar refractivity (Wildman–Crippen MR) is 54.1 cm³/mol. The summed E-state index contributed by atoms with van der Waals surface area (Å²) in [6.07, 6.45) is 2.85. The van der Waals surface area contributed by atoms with E-state index in [1.165, 1.54) is 18.6 Å². The van der Waals surface area contributed by atoms with E-state index in [0.29, 0.717) is 5.41 Å². The largest absolute Gasteiger partial charge is 0.159 e. The molecule has 2 atom stereocenters. The molecule has 66 valence electrons. The molecule has 0 aromatic heterocycles. The molecular weight excluding hydrogens is 152 g/mol. The Labute approximate surface area is 75.1 Å². The van der Waals surface area contributed by atoms with Gasteiger partial charge in [0.15, 0.2) is 0 Å². The van der Waals surface area contributed by atoms with Gasteiger partial charge in [-0.3, -0.25) is 0 Å². The van der Waals surface area contributed by atoms with E-state index in [9.17, 15) is 0 Å². The zero-order valence-electron chi connectivity index (χ0n) is 8.18. The third kappa shape index (κ3) is 3.06. The van der Waals surface area contributed by atoms with E-state index in [2.05, 4.69) is 39.5 Å². The summed E-state index contributed by atoms with van der Waals surface area (Å²) < 4.78 is 0. The van der Waals surface area contributed by atoms with Gasteiger partial charge in [0.1, 0.15) is 0 Å². The first-order valence-corrected chi connectivity index (χ1v) is 5.65. The van der Waals surface area contributed by atoms with Crippen molar-refractivity contribution in [3.63, 3.8) is 0 Å². The molecule has 0 saturated carbocycles. The number of hydrogen-bond donors (Lipinski definition) is 0. The molecule has 1 rings (SSSR count). The molecule has 0 radical (unpaired) electrons. The van der Waals surface area contributed by atoms with E-state index in [4.69, 9.17) is 0 Å². The molecule has 1 heterocycles. The molecule has 1 heteroatoms. The van der Waals surface area contributed by atoms with Crippen LogP contribution in [0.4, 0.5) is 0 Å². The van der Waals surface area contributed by atoms with Gasteiger partial charge in [0.25, 0.3) is 0 Å². The minimum Gasteiger partial charge on any atom is -0.159 e. The Hall–Kier alpha value is 0.350. The fourth-order valence-electron chi connectivity index (χ4n) is 1.83. The van der Waals surface area contributed by atoms with Gasteiger partial charge in [-0.15, -0.1) is 0 Å². The van der Waals surface area contributed by atoms with Crippen molar-refractivity contribution in [3.8, 4) is 0 Å². The molecular formula is C10H20S. The topological polar surface area (TPSA) is 0 Å². The lowest BCUT2D eigenvalue weighted by Gasteiger charge is -2.24. The minimum atomic E-state index is 0.532. The van der Waals surface area contributed by atoms with Crippen molar-refractivity contribution in [2.75, 3.05) is 5.75 Å². The Balaban J connectivity index is 2.37. The average Bonchev–Trinajstić information content (AvgIpc) is 2.12. The van der Waals surface area contributed by atoms with Crippen LogP contribution in [-0.4, -0.2) is 11.0 Å². The second kappa shape index (κ2) is 3.38. The Bertz CT molecular complexity index is 123. The fraction of sp³-hybridized carbons (Fsp3) is 1.00. The van der Waals surface area contributed by atoms with Gasteiger partial charge in [-0.25, -0.2) is 0 Å². The zero-order chi connectivity index (χ0) is 8.48. The SMILES string of the molecule is C[C@H]1SCC[C@@H]1CC(C)(C)C. The summed E-state index contributed by atoms with van der Waals surface area (Å²) in [5.74, 6) is 2.38. The van der Waals surface area contributed by atoms with Gasteiger partial charge in [-0.2, -0.15) is 11.8 Å². The standard InChI is InChI=1S/C10H20S/c1-8-9(5-6-11-8)7-10(2,3)4/h8-9H,5-7H2,1-4H3/t8-,9-/m1/s1. The Morgan fingerprint density at radius 1 is 1.36 bits per heavy atom. The van der Waals surface area contributed by atoms with Crippen LogP contribution in [0.3, 0.4) is 0 Å². The molecule has 1 aliphatic rings. The highest BCUT2D eigenvalue weighted by molar-refractivity contribution is 8.00. The van der Waals surface area contributed by atoms with E-state index in [1.54, 1.807) is 0 Å². The second-order valence-electron chi connectivity index (χ2n) is 4.89. The summed E-state index contributed by atoms with van der Waals surface area (Å²) in [4.78, 5) is 0. The van der Waals surface area contributed by atoms with Crippen LogP contribution in [0, 0.1) is 11.3 Å². The third-order valence-electron chi connectivity index (χ3n) is 2.41. The van der Waals surface area contributed by atoms with Crippen LogP contribution in [0.5, 0.6) is 0 Å². The van der Waals surface area contributed by atoms with Gasteiger partial charge in [-0.1, -0.05) is 27.7 Å². The van der Waals surface area contributed by atoms with Crippen LogP contribution < -0.4 is 0 Å².